The van der Waals surface area contributed by atoms with Crippen LogP contribution in [0.15, 0.2) is 73.3 Å². The van der Waals surface area contributed by atoms with Gasteiger partial charge >= 0.3 is 0 Å². The van der Waals surface area contributed by atoms with Crippen molar-refractivity contribution in [1.29, 1.82) is 0 Å². The van der Waals surface area contributed by atoms with E-state index >= 15 is 0 Å². The van der Waals surface area contributed by atoms with Crippen molar-refractivity contribution < 1.29 is 4.39 Å². The lowest BCUT2D eigenvalue weighted by molar-refractivity contribution is 0.628. The number of halogens is 1. The average Bonchev–Trinajstić information content (AvgIpc) is 3.53. The summed E-state index contributed by atoms with van der Waals surface area (Å²) in [7, 11) is 0. The Bertz CT molecular complexity index is 1670. The predicted octanol–water partition coefficient (Wildman–Crippen LogP) is 5.87. The molecule has 0 spiro atoms. The van der Waals surface area contributed by atoms with Gasteiger partial charge in [-0.15, -0.1) is 0 Å². The van der Waals surface area contributed by atoms with Crippen LogP contribution in [0.25, 0.3) is 55.7 Å². The SMILES string of the molecule is CCCNCc1cncc(-c2cc3c(-c4cc5c(-c6ccc(F)cc6)nccc5[nH]4)n[nH]c3cn2)c1. The van der Waals surface area contributed by atoms with Gasteiger partial charge < -0.3 is 10.3 Å². The third-order valence-corrected chi connectivity index (χ3v) is 6.21. The van der Waals surface area contributed by atoms with Crippen LogP contribution in [0.5, 0.6) is 0 Å². The van der Waals surface area contributed by atoms with E-state index in [-0.39, 0.29) is 5.82 Å². The number of H-pyrrole nitrogens is 2. The molecule has 0 amide bonds. The number of hydrogen-bond acceptors (Lipinski definition) is 5. The van der Waals surface area contributed by atoms with Gasteiger partial charge in [0.2, 0.25) is 0 Å². The highest BCUT2D eigenvalue weighted by atomic mass is 19.1. The Balaban J connectivity index is 1.40. The first-order valence-electron chi connectivity index (χ1n) is 11.9. The molecular weight excluding hydrogens is 453 g/mol. The minimum atomic E-state index is -0.272. The molecular formula is C28H24FN7. The number of nitrogens with zero attached hydrogens (tertiary/aromatic N) is 4. The number of rotatable bonds is 7. The number of hydrogen-bond donors (Lipinski definition) is 3. The molecule has 6 rings (SSSR count). The quantitative estimate of drug-likeness (QED) is 0.250. The van der Waals surface area contributed by atoms with E-state index in [0.717, 1.165) is 80.8 Å². The molecule has 6 aromatic rings. The predicted molar refractivity (Wildman–Crippen MR) is 140 cm³/mol. The van der Waals surface area contributed by atoms with Gasteiger partial charge in [-0.2, -0.15) is 5.10 Å². The Labute approximate surface area is 206 Å². The zero-order chi connectivity index (χ0) is 24.5. The molecule has 1 aromatic carbocycles. The Morgan fingerprint density at radius 2 is 1.72 bits per heavy atom. The number of aromatic amines is 2. The minimum Gasteiger partial charge on any atom is -0.353 e. The highest BCUT2D eigenvalue weighted by Gasteiger charge is 2.15. The second-order valence-electron chi connectivity index (χ2n) is 8.76. The molecule has 178 valence electrons. The normalized spacial score (nSPS) is 11.5. The van der Waals surface area contributed by atoms with Crippen LogP contribution < -0.4 is 5.32 Å². The summed E-state index contributed by atoms with van der Waals surface area (Å²) in [6, 6.07) is 14.5. The summed E-state index contributed by atoms with van der Waals surface area (Å²) in [6.45, 7) is 3.89. The van der Waals surface area contributed by atoms with Crippen molar-refractivity contribution in [2.75, 3.05) is 6.54 Å². The van der Waals surface area contributed by atoms with Crippen molar-refractivity contribution in [2.24, 2.45) is 0 Å². The number of fused-ring (bicyclic) bond motifs is 2. The van der Waals surface area contributed by atoms with E-state index in [0.29, 0.717) is 0 Å². The first-order valence-corrected chi connectivity index (χ1v) is 11.9. The van der Waals surface area contributed by atoms with Crippen molar-refractivity contribution in [3.63, 3.8) is 0 Å². The van der Waals surface area contributed by atoms with Crippen LogP contribution >= 0.6 is 0 Å². The van der Waals surface area contributed by atoms with E-state index in [4.69, 9.17) is 0 Å². The molecule has 0 aliphatic carbocycles. The molecule has 0 bridgehead atoms. The highest BCUT2D eigenvalue weighted by molar-refractivity contribution is 6.00. The van der Waals surface area contributed by atoms with Crippen LogP contribution in [0, 0.1) is 5.82 Å². The summed E-state index contributed by atoms with van der Waals surface area (Å²) < 4.78 is 13.5. The maximum absolute atomic E-state index is 13.5. The maximum atomic E-state index is 13.5. The van der Waals surface area contributed by atoms with E-state index < -0.39 is 0 Å². The molecule has 0 atom stereocenters. The molecule has 36 heavy (non-hydrogen) atoms. The molecule has 7 nitrogen and oxygen atoms in total. The van der Waals surface area contributed by atoms with Gasteiger partial charge in [0.15, 0.2) is 0 Å². The van der Waals surface area contributed by atoms with E-state index in [1.165, 1.54) is 12.1 Å². The summed E-state index contributed by atoms with van der Waals surface area (Å²) in [5, 5.41) is 13.0. The van der Waals surface area contributed by atoms with Gasteiger partial charge in [-0.25, -0.2) is 4.39 Å². The van der Waals surface area contributed by atoms with Gasteiger partial charge in [0.05, 0.1) is 28.8 Å². The van der Waals surface area contributed by atoms with E-state index in [1.807, 2.05) is 30.6 Å². The van der Waals surface area contributed by atoms with E-state index in [9.17, 15) is 4.39 Å². The molecule has 0 radical (unpaired) electrons. The van der Waals surface area contributed by atoms with Crippen LogP contribution in [0.2, 0.25) is 0 Å². The van der Waals surface area contributed by atoms with Gasteiger partial charge in [-0.1, -0.05) is 6.92 Å². The standard InChI is InChI=1S/C28H24FN7/c1-2-8-30-13-17-10-19(15-31-14-17)24-11-22-26(16-33-24)35-36-28(22)25-12-21-23(34-25)7-9-32-27(21)18-3-5-20(29)6-4-18/h3-7,9-12,14-16,30,34H,2,8,13H2,1H3,(H,35,36). The lowest BCUT2D eigenvalue weighted by Gasteiger charge is -2.06. The van der Waals surface area contributed by atoms with Crippen LogP contribution in [-0.4, -0.2) is 36.7 Å². The molecule has 8 heteroatoms. The molecule has 0 aliphatic rings. The Morgan fingerprint density at radius 1 is 0.861 bits per heavy atom. The molecule has 5 aromatic heterocycles. The van der Waals surface area contributed by atoms with Gasteiger partial charge in [0.1, 0.15) is 11.5 Å². The van der Waals surface area contributed by atoms with Crippen LogP contribution in [0.1, 0.15) is 18.9 Å². The molecule has 0 saturated heterocycles. The van der Waals surface area contributed by atoms with E-state index in [2.05, 4.69) is 48.4 Å². The second-order valence-corrected chi connectivity index (χ2v) is 8.76. The maximum Gasteiger partial charge on any atom is 0.123 e. The first kappa shape index (κ1) is 22.1. The Hall–Kier alpha value is -4.43. The highest BCUT2D eigenvalue weighted by Crippen LogP contribution is 2.33. The fourth-order valence-electron chi connectivity index (χ4n) is 4.43. The minimum absolute atomic E-state index is 0.272. The summed E-state index contributed by atoms with van der Waals surface area (Å²) in [4.78, 5) is 17.1. The third kappa shape index (κ3) is 4.12. The van der Waals surface area contributed by atoms with Crippen molar-refractivity contribution in [3.8, 4) is 33.9 Å². The fourth-order valence-corrected chi connectivity index (χ4v) is 4.43. The fraction of sp³-hybridized carbons (Fsp3) is 0.143. The zero-order valence-electron chi connectivity index (χ0n) is 19.7. The van der Waals surface area contributed by atoms with Crippen molar-refractivity contribution in [2.45, 2.75) is 19.9 Å². The van der Waals surface area contributed by atoms with Gasteiger partial charge in [-0.05, 0) is 67.1 Å². The molecule has 3 N–H and O–H groups in total. The smallest absolute Gasteiger partial charge is 0.123 e. The molecule has 0 saturated carbocycles. The molecule has 0 aliphatic heterocycles. The third-order valence-electron chi connectivity index (χ3n) is 6.21. The average molecular weight is 478 g/mol. The van der Waals surface area contributed by atoms with Gasteiger partial charge in [0.25, 0.3) is 0 Å². The second kappa shape index (κ2) is 9.31. The van der Waals surface area contributed by atoms with Crippen LogP contribution in [-0.2, 0) is 6.54 Å². The summed E-state index contributed by atoms with van der Waals surface area (Å²) in [6.07, 6.45) is 8.36. The Kier molecular flexibility index (Phi) is 5.71. The summed E-state index contributed by atoms with van der Waals surface area (Å²) >= 11 is 0. The summed E-state index contributed by atoms with van der Waals surface area (Å²) in [5.41, 5.74) is 7.98. The topological polar surface area (TPSA) is 95.2 Å². The molecule has 0 fully saturated rings. The molecule has 5 heterocycles. The number of pyridine rings is 3. The monoisotopic (exact) mass is 477 g/mol. The van der Waals surface area contributed by atoms with Crippen molar-refractivity contribution in [1.82, 2.24) is 35.5 Å². The Morgan fingerprint density at radius 3 is 2.58 bits per heavy atom. The van der Waals surface area contributed by atoms with Gasteiger partial charge in [-0.3, -0.25) is 20.1 Å². The number of benzene rings is 1. The number of nitrogens with one attached hydrogen (secondary N) is 3. The van der Waals surface area contributed by atoms with E-state index in [1.54, 1.807) is 24.5 Å². The lowest BCUT2D eigenvalue weighted by atomic mass is 10.1. The first-order chi connectivity index (χ1) is 17.7. The lowest BCUT2D eigenvalue weighted by Crippen LogP contribution is -2.13. The van der Waals surface area contributed by atoms with Crippen molar-refractivity contribution in [3.05, 3.63) is 84.7 Å². The van der Waals surface area contributed by atoms with Crippen LogP contribution in [0.4, 0.5) is 4.39 Å². The molecule has 0 unspecified atom stereocenters. The number of aromatic nitrogens is 6. The largest absolute Gasteiger partial charge is 0.353 e. The van der Waals surface area contributed by atoms with Gasteiger partial charge in [0, 0.05) is 52.6 Å². The van der Waals surface area contributed by atoms with Crippen LogP contribution in [0.3, 0.4) is 0 Å². The summed E-state index contributed by atoms with van der Waals surface area (Å²) in [5.74, 6) is -0.272. The van der Waals surface area contributed by atoms with Crippen molar-refractivity contribution >= 4 is 21.8 Å². The zero-order valence-corrected chi connectivity index (χ0v) is 19.7.